The quantitative estimate of drug-likeness (QED) is 0.667. The van der Waals surface area contributed by atoms with Crippen molar-refractivity contribution in [3.63, 3.8) is 0 Å². The number of H-pyrrole nitrogens is 1. The SMILES string of the molecule is CNC(=O)Cn1cc(NCc2ccc3[nH]ccc3c2)cn1. The van der Waals surface area contributed by atoms with Gasteiger partial charge in [-0.15, -0.1) is 0 Å². The van der Waals surface area contributed by atoms with Crippen molar-refractivity contribution in [2.75, 3.05) is 12.4 Å². The van der Waals surface area contributed by atoms with Gasteiger partial charge in [-0.05, 0) is 29.1 Å². The third kappa shape index (κ3) is 3.05. The lowest BCUT2D eigenvalue weighted by Crippen LogP contribution is -2.23. The predicted molar refractivity (Wildman–Crippen MR) is 81.9 cm³/mol. The van der Waals surface area contributed by atoms with Gasteiger partial charge in [0.1, 0.15) is 6.54 Å². The highest BCUT2D eigenvalue weighted by Crippen LogP contribution is 2.15. The average Bonchev–Trinajstić information content (AvgIpc) is 3.13. The van der Waals surface area contributed by atoms with Crippen LogP contribution in [0.5, 0.6) is 0 Å². The summed E-state index contributed by atoms with van der Waals surface area (Å²) in [5, 5.41) is 11.2. The predicted octanol–water partition coefficient (Wildman–Crippen LogP) is 1.72. The van der Waals surface area contributed by atoms with E-state index in [1.165, 1.54) is 10.9 Å². The van der Waals surface area contributed by atoms with Gasteiger partial charge in [0.25, 0.3) is 0 Å². The fourth-order valence-corrected chi connectivity index (χ4v) is 2.18. The van der Waals surface area contributed by atoms with Crippen LogP contribution in [0.2, 0.25) is 0 Å². The number of anilines is 1. The molecule has 0 radical (unpaired) electrons. The van der Waals surface area contributed by atoms with Crippen molar-refractivity contribution < 1.29 is 4.79 Å². The Kier molecular flexibility index (Phi) is 3.59. The zero-order valence-electron chi connectivity index (χ0n) is 11.8. The van der Waals surface area contributed by atoms with Crippen LogP contribution >= 0.6 is 0 Å². The number of nitrogens with zero attached hydrogens (tertiary/aromatic N) is 2. The first-order valence-corrected chi connectivity index (χ1v) is 6.77. The number of amides is 1. The van der Waals surface area contributed by atoms with Crippen LogP contribution in [0.1, 0.15) is 5.56 Å². The first-order valence-electron chi connectivity index (χ1n) is 6.77. The third-order valence-corrected chi connectivity index (χ3v) is 3.33. The largest absolute Gasteiger partial charge is 0.378 e. The maximum atomic E-state index is 11.3. The highest BCUT2D eigenvalue weighted by molar-refractivity contribution is 5.80. The lowest BCUT2D eigenvalue weighted by molar-refractivity contribution is -0.121. The van der Waals surface area contributed by atoms with Gasteiger partial charge in [-0.3, -0.25) is 9.48 Å². The van der Waals surface area contributed by atoms with Gasteiger partial charge in [-0.25, -0.2) is 0 Å². The van der Waals surface area contributed by atoms with Gasteiger partial charge < -0.3 is 15.6 Å². The standard InChI is InChI=1S/C15H17N5O/c1-16-15(21)10-20-9-13(8-19-20)18-7-11-2-3-14-12(6-11)4-5-17-14/h2-6,8-9,17-18H,7,10H2,1H3,(H,16,21). The number of aromatic amines is 1. The Hall–Kier alpha value is -2.76. The summed E-state index contributed by atoms with van der Waals surface area (Å²) >= 11 is 0. The molecule has 0 saturated heterocycles. The Morgan fingerprint density at radius 3 is 3.14 bits per heavy atom. The summed E-state index contributed by atoms with van der Waals surface area (Å²) in [5.74, 6) is -0.0671. The van der Waals surface area contributed by atoms with Crippen LogP contribution in [-0.2, 0) is 17.9 Å². The molecule has 2 aromatic heterocycles. The molecular weight excluding hydrogens is 266 g/mol. The molecule has 3 N–H and O–H groups in total. The van der Waals surface area contributed by atoms with Gasteiger partial charge in [-0.2, -0.15) is 5.10 Å². The van der Waals surface area contributed by atoms with Crippen LogP contribution in [0.25, 0.3) is 10.9 Å². The molecule has 21 heavy (non-hydrogen) atoms. The number of carbonyl (C=O) groups is 1. The molecule has 0 bridgehead atoms. The zero-order valence-corrected chi connectivity index (χ0v) is 11.8. The summed E-state index contributed by atoms with van der Waals surface area (Å²) < 4.78 is 1.61. The fourth-order valence-electron chi connectivity index (χ4n) is 2.18. The van der Waals surface area contributed by atoms with Crippen LogP contribution in [0.15, 0.2) is 42.9 Å². The lowest BCUT2D eigenvalue weighted by atomic mass is 10.1. The summed E-state index contributed by atoms with van der Waals surface area (Å²) in [4.78, 5) is 14.4. The number of benzene rings is 1. The van der Waals surface area contributed by atoms with Crippen LogP contribution in [-0.4, -0.2) is 27.7 Å². The number of aromatic nitrogens is 3. The minimum absolute atomic E-state index is 0.0671. The van der Waals surface area contributed by atoms with Crippen LogP contribution in [0, 0.1) is 0 Å². The molecule has 0 saturated carbocycles. The number of rotatable bonds is 5. The van der Waals surface area contributed by atoms with E-state index in [9.17, 15) is 4.79 Å². The number of hydrogen-bond donors (Lipinski definition) is 3. The van der Waals surface area contributed by atoms with E-state index < -0.39 is 0 Å². The van der Waals surface area contributed by atoms with Crippen molar-refractivity contribution in [2.24, 2.45) is 0 Å². The molecule has 0 aliphatic heterocycles. The van der Waals surface area contributed by atoms with Gasteiger partial charge >= 0.3 is 0 Å². The number of nitrogens with one attached hydrogen (secondary N) is 3. The Morgan fingerprint density at radius 1 is 1.38 bits per heavy atom. The molecule has 0 aliphatic rings. The van der Waals surface area contributed by atoms with Gasteiger partial charge in [0, 0.05) is 31.5 Å². The molecule has 1 amide bonds. The van der Waals surface area contributed by atoms with Crippen molar-refractivity contribution in [3.05, 3.63) is 48.4 Å². The molecule has 108 valence electrons. The molecule has 3 aromatic rings. The third-order valence-electron chi connectivity index (χ3n) is 3.33. The highest BCUT2D eigenvalue weighted by atomic mass is 16.1. The maximum Gasteiger partial charge on any atom is 0.241 e. The van der Waals surface area contributed by atoms with Crippen molar-refractivity contribution >= 4 is 22.5 Å². The molecule has 0 unspecified atom stereocenters. The van der Waals surface area contributed by atoms with E-state index >= 15 is 0 Å². The second kappa shape index (κ2) is 5.70. The van der Waals surface area contributed by atoms with Crippen molar-refractivity contribution in [2.45, 2.75) is 13.1 Å². The van der Waals surface area contributed by atoms with Crippen LogP contribution in [0.4, 0.5) is 5.69 Å². The van der Waals surface area contributed by atoms with Gasteiger partial charge in [-0.1, -0.05) is 6.07 Å². The van der Waals surface area contributed by atoms with E-state index in [1.54, 1.807) is 17.9 Å². The Morgan fingerprint density at radius 2 is 2.29 bits per heavy atom. The second-order valence-electron chi connectivity index (χ2n) is 4.85. The van der Waals surface area contributed by atoms with Gasteiger partial charge in [0.05, 0.1) is 11.9 Å². The van der Waals surface area contributed by atoms with E-state index in [2.05, 4.69) is 45.0 Å². The fraction of sp³-hybridized carbons (Fsp3) is 0.200. The van der Waals surface area contributed by atoms with Crippen molar-refractivity contribution in [3.8, 4) is 0 Å². The Bertz CT molecular complexity index is 758. The maximum absolute atomic E-state index is 11.3. The minimum atomic E-state index is -0.0671. The lowest BCUT2D eigenvalue weighted by Gasteiger charge is -2.04. The minimum Gasteiger partial charge on any atom is -0.378 e. The van der Waals surface area contributed by atoms with E-state index in [-0.39, 0.29) is 12.5 Å². The topological polar surface area (TPSA) is 74.7 Å². The molecule has 0 atom stereocenters. The van der Waals surface area contributed by atoms with E-state index in [0.29, 0.717) is 6.54 Å². The number of likely N-dealkylation sites (N-methyl/N-ethyl adjacent to an activating group) is 1. The number of hydrogen-bond acceptors (Lipinski definition) is 3. The highest BCUT2D eigenvalue weighted by Gasteiger charge is 2.03. The van der Waals surface area contributed by atoms with E-state index in [4.69, 9.17) is 0 Å². The summed E-state index contributed by atoms with van der Waals surface area (Å²) in [5.41, 5.74) is 3.23. The van der Waals surface area contributed by atoms with Crippen LogP contribution < -0.4 is 10.6 Å². The van der Waals surface area contributed by atoms with E-state index in [0.717, 1.165) is 11.2 Å². The summed E-state index contributed by atoms with van der Waals surface area (Å²) in [6.07, 6.45) is 5.48. The molecule has 1 aromatic carbocycles. The van der Waals surface area contributed by atoms with E-state index in [1.807, 2.05) is 12.4 Å². The second-order valence-corrected chi connectivity index (χ2v) is 4.85. The monoisotopic (exact) mass is 283 g/mol. The summed E-state index contributed by atoms with van der Waals surface area (Å²) in [6.45, 7) is 0.945. The summed E-state index contributed by atoms with van der Waals surface area (Å²) in [6, 6.07) is 8.36. The molecule has 0 fully saturated rings. The average molecular weight is 283 g/mol. The number of fused-ring (bicyclic) bond motifs is 1. The van der Waals surface area contributed by atoms with Crippen molar-refractivity contribution in [1.82, 2.24) is 20.1 Å². The molecule has 0 aliphatic carbocycles. The Balaban J connectivity index is 1.63. The molecular formula is C15H17N5O. The normalized spacial score (nSPS) is 10.7. The zero-order chi connectivity index (χ0) is 14.7. The van der Waals surface area contributed by atoms with Gasteiger partial charge in [0.2, 0.25) is 5.91 Å². The molecule has 6 heteroatoms. The first kappa shape index (κ1) is 13.2. The summed E-state index contributed by atoms with van der Waals surface area (Å²) in [7, 11) is 1.61. The molecule has 0 spiro atoms. The number of carbonyl (C=O) groups excluding carboxylic acids is 1. The molecule has 3 rings (SSSR count). The smallest absolute Gasteiger partial charge is 0.241 e. The Labute approximate surface area is 122 Å². The molecule has 2 heterocycles. The first-order chi connectivity index (χ1) is 10.2. The van der Waals surface area contributed by atoms with Gasteiger partial charge in [0.15, 0.2) is 0 Å². The van der Waals surface area contributed by atoms with Crippen molar-refractivity contribution in [1.29, 1.82) is 0 Å². The van der Waals surface area contributed by atoms with Crippen LogP contribution in [0.3, 0.4) is 0 Å². The molecule has 6 nitrogen and oxygen atoms in total.